The number of benzene rings is 1. The second-order valence-electron chi connectivity index (χ2n) is 5.20. The van der Waals surface area contributed by atoms with Gasteiger partial charge in [-0.3, -0.25) is 9.69 Å². The highest BCUT2D eigenvalue weighted by molar-refractivity contribution is 5.77. The molecule has 1 saturated heterocycles. The Balaban J connectivity index is 1.57. The monoisotopic (exact) mass is 302 g/mol. The highest BCUT2D eigenvalue weighted by Crippen LogP contribution is 2.17. The molecule has 1 amide bonds. The highest BCUT2D eigenvalue weighted by Gasteiger charge is 2.21. The van der Waals surface area contributed by atoms with Crippen LogP contribution >= 0.6 is 0 Å². The minimum Gasteiger partial charge on any atom is -0.387 e. The fourth-order valence-electron chi connectivity index (χ4n) is 2.47. The molecule has 0 bridgehead atoms. The molecular formula is C15H18N4O3. The normalized spacial score (nSPS) is 16.0. The van der Waals surface area contributed by atoms with Crippen molar-refractivity contribution in [2.75, 3.05) is 32.8 Å². The Kier molecular flexibility index (Phi) is 4.45. The summed E-state index contributed by atoms with van der Waals surface area (Å²) in [6.45, 7) is 2.87. The van der Waals surface area contributed by atoms with E-state index in [-0.39, 0.29) is 5.91 Å². The Morgan fingerprint density at radius 1 is 1.18 bits per heavy atom. The molecule has 1 aromatic heterocycles. The highest BCUT2D eigenvalue weighted by atomic mass is 16.5. The predicted octanol–water partition coefficient (Wildman–Crippen LogP) is 0.373. The first-order chi connectivity index (χ1) is 10.8. The van der Waals surface area contributed by atoms with Gasteiger partial charge in [0.25, 0.3) is 5.89 Å². The SMILES string of the molecule is O=C(CO)N1CCN(Cc2noc(-c3ccccc3)n2)CC1. The molecule has 7 heteroatoms. The van der Waals surface area contributed by atoms with Crippen molar-refractivity contribution >= 4 is 5.91 Å². The summed E-state index contributed by atoms with van der Waals surface area (Å²) in [5, 5.41) is 12.9. The number of amides is 1. The van der Waals surface area contributed by atoms with E-state index in [0.717, 1.165) is 18.7 Å². The molecule has 1 aliphatic rings. The molecule has 7 nitrogen and oxygen atoms in total. The minimum absolute atomic E-state index is 0.217. The standard InChI is InChI=1S/C15H18N4O3/c20-11-14(21)19-8-6-18(7-9-19)10-13-16-15(22-17-13)12-4-2-1-3-5-12/h1-5,20H,6-11H2. The summed E-state index contributed by atoms with van der Waals surface area (Å²) in [4.78, 5) is 19.7. The van der Waals surface area contributed by atoms with Gasteiger partial charge in [-0.15, -0.1) is 0 Å². The van der Waals surface area contributed by atoms with Crippen LogP contribution in [-0.2, 0) is 11.3 Å². The molecule has 0 unspecified atom stereocenters. The topological polar surface area (TPSA) is 82.7 Å². The van der Waals surface area contributed by atoms with Crippen molar-refractivity contribution in [3.63, 3.8) is 0 Å². The lowest BCUT2D eigenvalue weighted by molar-refractivity contribution is -0.136. The fraction of sp³-hybridized carbons (Fsp3) is 0.400. The smallest absolute Gasteiger partial charge is 0.257 e. The summed E-state index contributed by atoms with van der Waals surface area (Å²) in [5.41, 5.74) is 0.902. The molecule has 116 valence electrons. The number of aliphatic hydroxyl groups excluding tert-OH is 1. The van der Waals surface area contributed by atoms with Gasteiger partial charge in [-0.25, -0.2) is 0 Å². The zero-order chi connectivity index (χ0) is 15.4. The number of rotatable bonds is 4. The zero-order valence-electron chi connectivity index (χ0n) is 12.2. The van der Waals surface area contributed by atoms with E-state index in [9.17, 15) is 4.79 Å². The van der Waals surface area contributed by atoms with E-state index in [0.29, 0.717) is 31.3 Å². The van der Waals surface area contributed by atoms with Gasteiger partial charge in [0.1, 0.15) is 6.61 Å². The van der Waals surface area contributed by atoms with E-state index in [1.165, 1.54) is 0 Å². The lowest BCUT2D eigenvalue weighted by Gasteiger charge is -2.33. The van der Waals surface area contributed by atoms with Gasteiger partial charge >= 0.3 is 0 Å². The van der Waals surface area contributed by atoms with E-state index in [1.54, 1.807) is 4.90 Å². The van der Waals surface area contributed by atoms with Crippen LogP contribution in [0.2, 0.25) is 0 Å². The molecule has 0 radical (unpaired) electrons. The van der Waals surface area contributed by atoms with Crippen LogP contribution in [-0.4, -0.2) is 63.7 Å². The first-order valence-electron chi connectivity index (χ1n) is 7.25. The van der Waals surface area contributed by atoms with Gasteiger partial charge in [-0.05, 0) is 12.1 Å². The van der Waals surface area contributed by atoms with Crippen LogP contribution in [0.1, 0.15) is 5.82 Å². The lowest BCUT2D eigenvalue weighted by Crippen LogP contribution is -2.49. The van der Waals surface area contributed by atoms with Crippen LogP contribution in [0.25, 0.3) is 11.5 Å². The molecule has 0 aliphatic carbocycles. The van der Waals surface area contributed by atoms with E-state index in [4.69, 9.17) is 9.63 Å². The maximum atomic E-state index is 11.4. The van der Waals surface area contributed by atoms with E-state index in [1.807, 2.05) is 30.3 Å². The first kappa shape index (κ1) is 14.7. The average molecular weight is 302 g/mol. The molecule has 0 saturated carbocycles. The predicted molar refractivity (Wildman–Crippen MR) is 78.7 cm³/mol. The van der Waals surface area contributed by atoms with Gasteiger partial charge in [0.15, 0.2) is 5.82 Å². The molecule has 0 atom stereocenters. The van der Waals surface area contributed by atoms with Crippen LogP contribution in [0.5, 0.6) is 0 Å². The molecule has 2 aromatic rings. The summed E-state index contributed by atoms with van der Waals surface area (Å²) in [7, 11) is 0. The Morgan fingerprint density at radius 3 is 2.59 bits per heavy atom. The molecule has 0 spiro atoms. The molecule has 3 rings (SSSR count). The van der Waals surface area contributed by atoms with E-state index >= 15 is 0 Å². The van der Waals surface area contributed by atoms with Crippen LogP contribution in [0.4, 0.5) is 0 Å². The number of aliphatic hydroxyl groups is 1. The third-order valence-electron chi connectivity index (χ3n) is 3.71. The van der Waals surface area contributed by atoms with Crippen molar-refractivity contribution in [2.24, 2.45) is 0 Å². The number of hydrogen-bond donors (Lipinski definition) is 1. The fourth-order valence-corrected chi connectivity index (χ4v) is 2.47. The first-order valence-corrected chi connectivity index (χ1v) is 7.25. The Hall–Kier alpha value is -2.25. The number of nitrogens with zero attached hydrogens (tertiary/aromatic N) is 4. The maximum Gasteiger partial charge on any atom is 0.257 e. The van der Waals surface area contributed by atoms with Crippen LogP contribution in [0.15, 0.2) is 34.9 Å². The maximum absolute atomic E-state index is 11.4. The molecule has 1 aliphatic heterocycles. The summed E-state index contributed by atoms with van der Waals surface area (Å²) >= 11 is 0. The number of aromatic nitrogens is 2. The number of carbonyl (C=O) groups is 1. The van der Waals surface area contributed by atoms with Crippen molar-refractivity contribution in [2.45, 2.75) is 6.54 Å². The molecule has 1 fully saturated rings. The Labute approximate surface area is 128 Å². The van der Waals surface area contributed by atoms with Gasteiger partial charge in [0.2, 0.25) is 5.91 Å². The van der Waals surface area contributed by atoms with Gasteiger partial charge < -0.3 is 14.5 Å². The second-order valence-corrected chi connectivity index (χ2v) is 5.20. The van der Waals surface area contributed by atoms with Gasteiger partial charge in [-0.1, -0.05) is 23.4 Å². The molecule has 2 heterocycles. The summed E-state index contributed by atoms with van der Waals surface area (Å²) in [5.74, 6) is 0.941. The van der Waals surface area contributed by atoms with E-state index < -0.39 is 6.61 Å². The largest absolute Gasteiger partial charge is 0.387 e. The summed E-state index contributed by atoms with van der Waals surface area (Å²) < 4.78 is 5.28. The summed E-state index contributed by atoms with van der Waals surface area (Å²) in [6, 6.07) is 9.65. The quantitative estimate of drug-likeness (QED) is 0.879. The molecule has 1 N–H and O–H groups in total. The average Bonchev–Trinajstić information content (AvgIpc) is 3.04. The number of hydrogen-bond acceptors (Lipinski definition) is 6. The number of piperazine rings is 1. The Bertz CT molecular complexity index is 621. The van der Waals surface area contributed by atoms with Crippen molar-refractivity contribution < 1.29 is 14.4 Å². The van der Waals surface area contributed by atoms with Gasteiger partial charge in [-0.2, -0.15) is 4.98 Å². The van der Waals surface area contributed by atoms with Crippen molar-refractivity contribution in [3.8, 4) is 11.5 Å². The van der Waals surface area contributed by atoms with Crippen LogP contribution < -0.4 is 0 Å². The molecule has 1 aromatic carbocycles. The third kappa shape index (κ3) is 3.32. The summed E-state index contributed by atoms with van der Waals surface area (Å²) in [6.07, 6.45) is 0. The second kappa shape index (κ2) is 6.67. The van der Waals surface area contributed by atoms with Gasteiger partial charge in [0, 0.05) is 31.7 Å². The zero-order valence-corrected chi connectivity index (χ0v) is 12.2. The minimum atomic E-state index is -0.425. The van der Waals surface area contributed by atoms with E-state index in [2.05, 4.69) is 15.0 Å². The van der Waals surface area contributed by atoms with Crippen molar-refractivity contribution in [3.05, 3.63) is 36.2 Å². The van der Waals surface area contributed by atoms with Gasteiger partial charge in [0.05, 0.1) is 6.54 Å². The number of carbonyl (C=O) groups excluding carboxylic acids is 1. The third-order valence-corrected chi connectivity index (χ3v) is 3.71. The van der Waals surface area contributed by atoms with Crippen molar-refractivity contribution in [1.29, 1.82) is 0 Å². The molecule has 22 heavy (non-hydrogen) atoms. The van der Waals surface area contributed by atoms with Crippen molar-refractivity contribution in [1.82, 2.24) is 19.9 Å². The lowest BCUT2D eigenvalue weighted by atomic mass is 10.2. The Morgan fingerprint density at radius 2 is 1.91 bits per heavy atom. The molecular weight excluding hydrogens is 284 g/mol. The van der Waals surface area contributed by atoms with Crippen LogP contribution in [0, 0.1) is 0 Å². The van der Waals surface area contributed by atoms with Crippen LogP contribution in [0.3, 0.4) is 0 Å².